The molecule has 0 spiro atoms. The summed E-state index contributed by atoms with van der Waals surface area (Å²) < 4.78 is 0.769. The molecule has 1 saturated carbocycles. The molecule has 1 heterocycles. The van der Waals surface area contributed by atoms with Crippen LogP contribution in [0.2, 0.25) is 4.34 Å². The van der Waals surface area contributed by atoms with Gasteiger partial charge < -0.3 is 10.6 Å². The van der Waals surface area contributed by atoms with Crippen molar-refractivity contribution in [1.82, 2.24) is 4.90 Å². The van der Waals surface area contributed by atoms with Crippen molar-refractivity contribution in [2.24, 2.45) is 11.7 Å². The second-order valence-corrected chi connectivity index (χ2v) is 6.82. The van der Waals surface area contributed by atoms with Crippen molar-refractivity contribution in [1.29, 1.82) is 0 Å². The molecular weight excluding hydrogens is 303 g/mol. The number of halogens is 2. The highest BCUT2D eigenvalue weighted by atomic mass is 35.5. The molecule has 1 aromatic heterocycles. The fourth-order valence-electron chi connectivity index (χ4n) is 2.51. The van der Waals surface area contributed by atoms with E-state index in [2.05, 4.69) is 0 Å². The Hall–Kier alpha value is -0.290. The monoisotopic (exact) mass is 322 g/mol. The third-order valence-corrected chi connectivity index (χ3v) is 4.68. The summed E-state index contributed by atoms with van der Waals surface area (Å²) in [6.45, 7) is 0.641. The summed E-state index contributed by atoms with van der Waals surface area (Å²) in [6, 6.07) is 4.04. The number of hydrogen-bond acceptors (Lipinski definition) is 3. The number of nitrogens with two attached hydrogens (primary N) is 1. The van der Waals surface area contributed by atoms with Gasteiger partial charge in [0.25, 0.3) is 0 Å². The lowest BCUT2D eigenvalue weighted by molar-refractivity contribution is -0.135. The van der Waals surface area contributed by atoms with Crippen molar-refractivity contribution in [2.45, 2.75) is 38.3 Å². The number of nitrogens with zero attached hydrogens (tertiary/aromatic N) is 1. The Bertz CT molecular complexity index is 425. The van der Waals surface area contributed by atoms with Crippen LogP contribution >= 0.6 is 35.3 Å². The molecule has 0 radical (unpaired) electrons. The van der Waals surface area contributed by atoms with Gasteiger partial charge in [-0.25, -0.2) is 0 Å². The van der Waals surface area contributed by atoms with Gasteiger partial charge in [-0.1, -0.05) is 18.0 Å². The summed E-state index contributed by atoms with van der Waals surface area (Å²) in [5, 5.41) is 0. The zero-order valence-electron chi connectivity index (χ0n) is 11.0. The van der Waals surface area contributed by atoms with E-state index in [-0.39, 0.29) is 30.3 Å². The van der Waals surface area contributed by atoms with E-state index in [1.54, 1.807) is 4.90 Å². The van der Waals surface area contributed by atoms with Crippen LogP contribution in [0.15, 0.2) is 12.1 Å². The predicted molar refractivity (Wildman–Crippen MR) is 83.0 cm³/mol. The Labute approximate surface area is 129 Å². The van der Waals surface area contributed by atoms with Crippen LogP contribution in [0.25, 0.3) is 0 Å². The molecule has 2 atom stereocenters. The van der Waals surface area contributed by atoms with E-state index in [1.165, 1.54) is 11.3 Å². The summed E-state index contributed by atoms with van der Waals surface area (Å²) in [6.07, 6.45) is 3.92. The van der Waals surface area contributed by atoms with Crippen LogP contribution in [0.1, 0.15) is 30.6 Å². The molecule has 3 nitrogen and oxygen atoms in total. The molecule has 108 valence electrons. The van der Waals surface area contributed by atoms with Crippen molar-refractivity contribution < 1.29 is 4.79 Å². The van der Waals surface area contributed by atoms with Crippen molar-refractivity contribution >= 4 is 41.3 Å². The van der Waals surface area contributed by atoms with Crippen LogP contribution < -0.4 is 5.73 Å². The molecule has 2 unspecified atom stereocenters. The molecule has 2 N–H and O–H groups in total. The Morgan fingerprint density at radius 1 is 1.53 bits per heavy atom. The zero-order chi connectivity index (χ0) is 13.1. The van der Waals surface area contributed by atoms with E-state index in [0.29, 0.717) is 6.54 Å². The van der Waals surface area contributed by atoms with Crippen LogP contribution in [0.5, 0.6) is 0 Å². The minimum absolute atomic E-state index is 0. The molecule has 0 saturated heterocycles. The van der Waals surface area contributed by atoms with Crippen molar-refractivity contribution in [3.8, 4) is 0 Å². The van der Waals surface area contributed by atoms with E-state index in [1.807, 2.05) is 19.2 Å². The average Bonchev–Trinajstić information content (AvgIpc) is 2.73. The Morgan fingerprint density at radius 3 is 2.84 bits per heavy atom. The lowest BCUT2D eigenvalue weighted by Gasteiger charge is -2.29. The van der Waals surface area contributed by atoms with Crippen LogP contribution in [0, 0.1) is 5.92 Å². The quantitative estimate of drug-likeness (QED) is 0.928. The number of thiophene rings is 1. The van der Waals surface area contributed by atoms with Crippen molar-refractivity contribution in [3.05, 3.63) is 21.3 Å². The van der Waals surface area contributed by atoms with Gasteiger partial charge in [0, 0.05) is 23.9 Å². The molecule has 6 heteroatoms. The normalized spacial score (nSPS) is 22.7. The maximum absolute atomic E-state index is 12.3. The summed E-state index contributed by atoms with van der Waals surface area (Å²) in [5.41, 5.74) is 5.93. The van der Waals surface area contributed by atoms with Gasteiger partial charge in [0.05, 0.1) is 10.9 Å². The van der Waals surface area contributed by atoms with Crippen LogP contribution in [-0.2, 0) is 11.3 Å². The molecule has 19 heavy (non-hydrogen) atoms. The zero-order valence-corrected chi connectivity index (χ0v) is 13.4. The van der Waals surface area contributed by atoms with E-state index in [9.17, 15) is 4.79 Å². The van der Waals surface area contributed by atoms with Gasteiger partial charge in [0.1, 0.15) is 0 Å². The number of amides is 1. The molecular formula is C13H20Cl2N2OS. The molecule has 0 aromatic carbocycles. The van der Waals surface area contributed by atoms with Gasteiger partial charge in [0.2, 0.25) is 5.91 Å². The highest BCUT2D eigenvalue weighted by molar-refractivity contribution is 7.16. The summed E-state index contributed by atoms with van der Waals surface area (Å²) in [4.78, 5) is 15.2. The lowest BCUT2D eigenvalue weighted by Crippen LogP contribution is -2.38. The minimum atomic E-state index is 0. The van der Waals surface area contributed by atoms with Gasteiger partial charge >= 0.3 is 0 Å². The van der Waals surface area contributed by atoms with Gasteiger partial charge in [-0.15, -0.1) is 23.7 Å². The fraction of sp³-hybridized carbons (Fsp3) is 0.615. The summed E-state index contributed by atoms with van der Waals surface area (Å²) >= 11 is 7.42. The number of carbonyl (C=O) groups excluding carboxylic acids is 1. The second kappa shape index (κ2) is 7.48. The minimum Gasteiger partial charge on any atom is -0.340 e. The Balaban J connectivity index is 0.00000180. The van der Waals surface area contributed by atoms with Gasteiger partial charge in [-0.2, -0.15) is 0 Å². The topological polar surface area (TPSA) is 46.3 Å². The second-order valence-electron chi connectivity index (χ2n) is 5.02. The Kier molecular flexibility index (Phi) is 6.60. The first-order valence-electron chi connectivity index (χ1n) is 6.31. The first-order valence-corrected chi connectivity index (χ1v) is 7.50. The maximum Gasteiger partial charge on any atom is 0.225 e. The number of hydrogen-bond donors (Lipinski definition) is 1. The average molecular weight is 323 g/mol. The molecule has 1 aromatic rings. The summed E-state index contributed by atoms with van der Waals surface area (Å²) in [5.74, 6) is 0.323. The number of rotatable bonds is 3. The molecule has 1 aliphatic carbocycles. The molecule has 0 bridgehead atoms. The first-order chi connectivity index (χ1) is 8.56. The standard InChI is InChI=1S/C13H19ClN2OS.ClH/c1-16(8-11-5-6-12(14)18-11)13(17)9-3-2-4-10(15)7-9;/h5-6,9-10H,2-4,7-8,15H2,1H3;1H. The van der Waals surface area contributed by atoms with Crippen molar-refractivity contribution in [2.75, 3.05) is 7.05 Å². The van der Waals surface area contributed by atoms with Crippen LogP contribution in [-0.4, -0.2) is 23.9 Å². The number of carbonyl (C=O) groups is 1. The molecule has 1 aliphatic rings. The SMILES string of the molecule is CN(Cc1ccc(Cl)s1)C(=O)C1CCCC(N)C1.Cl. The molecule has 0 aliphatic heterocycles. The highest BCUT2D eigenvalue weighted by Gasteiger charge is 2.27. The smallest absolute Gasteiger partial charge is 0.225 e. The third kappa shape index (κ3) is 4.63. The van der Waals surface area contributed by atoms with Gasteiger partial charge in [-0.3, -0.25) is 4.79 Å². The molecule has 2 rings (SSSR count). The van der Waals surface area contributed by atoms with E-state index in [0.717, 1.165) is 34.9 Å². The Morgan fingerprint density at radius 2 is 2.26 bits per heavy atom. The third-order valence-electron chi connectivity index (χ3n) is 3.46. The van der Waals surface area contributed by atoms with E-state index < -0.39 is 0 Å². The largest absolute Gasteiger partial charge is 0.340 e. The first kappa shape index (κ1) is 16.8. The van der Waals surface area contributed by atoms with Gasteiger partial charge in [-0.05, 0) is 31.4 Å². The molecule has 1 amide bonds. The molecule has 1 fully saturated rings. The van der Waals surface area contributed by atoms with Crippen LogP contribution in [0.4, 0.5) is 0 Å². The van der Waals surface area contributed by atoms with Crippen LogP contribution in [0.3, 0.4) is 0 Å². The van der Waals surface area contributed by atoms with Crippen molar-refractivity contribution in [3.63, 3.8) is 0 Å². The fourth-order valence-corrected chi connectivity index (χ4v) is 3.65. The van der Waals surface area contributed by atoms with Gasteiger partial charge in [0.15, 0.2) is 0 Å². The summed E-state index contributed by atoms with van der Waals surface area (Å²) in [7, 11) is 1.86. The predicted octanol–water partition coefficient (Wildman–Crippen LogP) is 3.30. The van der Waals surface area contributed by atoms with E-state index >= 15 is 0 Å². The highest BCUT2D eigenvalue weighted by Crippen LogP contribution is 2.26. The van der Waals surface area contributed by atoms with E-state index in [4.69, 9.17) is 17.3 Å². The maximum atomic E-state index is 12.3. The lowest BCUT2D eigenvalue weighted by atomic mass is 9.85.